The van der Waals surface area contributed by atoms with Crippen molar-refractivity contribution in [3.8, 4) is 0 Å². The number of rotatable bonds is 12. The topological polar surface area (TPSA) is 15.7 Å². The molecule has 0 amide bonds. The third-order valence-corrected chi connectivity index (χ3v) is 7.16. The van der Waals surface area contributed by atoms with Crippen LogP contribution in [0.2, 0.25) is 0 Å². The molecule has 0 bridgehead atoms. The SMILES string of the molecule is C=CCOCCCP(N(C(C)C)C(C)C)N(C(C)C)C(C)C. The van der Waals surface area contributed by atoms with E-state index in [4.69, 9.17) is 4.74 Å². The van der Waals surface area contributed by atoms with Crippen molar-refractivity contribution >= 4 is 8.22 Å². The largest absolute Gasteiger partial charge is 0.377 e. The van der Waals surface area contributed by atoms with Gasteiger partial charge in [0.1, 0.15) is 0 Å². The molecule has 0 spiro atoms. The van der Waals surface area contributed by atoms with E-state index in [-0.39, 0.29) is 8.22 Å². The van der Waals surface area contributed by atoms with Gasteiger partial charge in [0.25, 0.3) is 0 Å². The summed E-state index contributed by atoms with van der Waals surface area (Å²) in [6.45, 7) is 23.8. The molecule has 0 aliphatic heterocycles. The summed E-state index contributed by atoms with van der Waals surface area (Å²) in [7, 11) is -0.305. The van der Waals surface area contributed by atoms with Crippen molar-refractivity contribution in [2.24, 2.45) is 0 Å². The van der Waals surface area contributed by atoms with Crippen molar-refractivity contribution in [3.63, 3.8) is 0 Å². The molecule has 0 fully saturated rings. The standard InChI is InChI=1S/C18H39N2OP/c1-10-12-21-13-11-14-22(19(15(2)3)16(4)5)20(17(6)7)18(8)9/h10,15-18H,1,11-14H2,2-9H3. The molecule has 0 aliphatic carbocycles. The van der Waals surface area contributed by atoms with Crippen LogP contribution in [0.3, 0.4) is 0 Å². The summed E-state index contributed by atoms with van der Waals surface area (Å²) < 4.78 is 11.0. The zero-order valence-corrected chi connectivity index (χ0v) is 17.1. The number of nitrogens with zero attached hydrogens (tertiary/aromatic N) is 2. The Hall–Kier alpha value is 0.0500. The molecule has 0 aromatic rings. The van der Waals surface area contributed by atoms with Crippen LogP contribution < -0.4 is 0 Å². The first-order valence-electron chi connectivity index (χ1n) is 8.76. The lowest BCUT2D eigenvalue weighted by molar-refractivity contribution is 0.162. The summed E-state index contributed by atoms with van der Waals surface area (Å²) in [6.07, 6.45) is 4.15. The van der Waals surface area contributed by atoms with Crippen molar-refractivity contribution in [1.82, 2.24) is 9.34 Å². The third-order valence-electron chi connectivity index (χ3n) is 3.53. The molecule has 0 aromatic heterocycles. The monoisotopic (exact) mass is 330 g/mol. The third kappa shape index (κ3) is 7.55. The Morgan fingerprint density at radius 1 is 0.864 bits per heavy atom. The van der Waals surface area contributed by atoms with Crippen LogP contribution in [0.25, 0.3) is 0 Å². The second-order valence-electron chi connectivity index (χ2n) is 6.95. The number of hydrogen-bond donors (Lipinski definition) is 0. The molecular weight excluding hydrogens is 291 g/mol. The summed E-state index contributed by atoms with van der Waals surface area (Å²) in [5, 5.41) is 0. The van der Waals surface area contributed by atoms with E-state index in [1.807, 2.05) is 6.08 Å². The predicted molar refractivity (Wildman–Crippen MR) is 102 cm³/mol. The van der Waals surface area contributed by atoms with Crippen LogP contribution in [0, 0.1) is 0 Å². The van der Waals surface area contributed by atoms with Crippen LogP contribution in [0.1, 0.15) is 61.8 Å². The van der Waals surface area contributed by atoms with Crippen LogP contribution in [0.5, 0.6) is 0 Å². The summed E-state index contributed by atoms with van der Waals surface area (Å²) in [6, 6.07) is 2.28. The Balaban J connectivity index is 5.06. The summed E-state index contributed by atoms with van der Waals surface area (Å²) >= 11 is 0. The van der Waals surface area contributed by atoms with Gasteiger partial charge in [-0.05, 0) is 68.0 Å². The highest BCUT2D eigenvalue weighted by Crippen LogP contribution is 2.50. The smallest absolute Gasteiger partial charge is 0.0644 e. The Kier molecular flexibility index (Phi) is 11.6. The zero-order chi connectivity index (χ0) is 17.3. The Morgan fingerprint density at radius 2 is 1.27 bits per heavy atom. The Morgan fingerprint density at radius 3 is 1.59 bits per heavy atom. The first-order chi connectivity index (χ1) is 10.2. The van der Waals surface area contributed by atoms with E-state index < -0.39 is 0 Å². The molecule has 0 unspecified atom stereocenters. The molecule has 22 heavy (non-hydrogen) atoms. The maximum Gasteiger partial charge on any atom is 0.0644 e. The molecule has 0 aromatic carbocycles. The van der Waals surface area contributed by atoms with Gasteiger partial charge in [-0.1, -0.05) is 6.08 Å². The molecule has 0 heterocycles. The quantitative estimate of drug-likeness (QED) is 0.280. The molecule has 0 N–H and O–H groups in total. The van der Waals surface area contributed by atoms with E-state index in [0.29, 0.717) is 30.8 Å². The van der Waals surface area contributed by atoms with E-state index in [2.05, 4.69) is 71.3 Å². The van der Waals surface area contributed by atoms with Gasteiger partial charge < -0.3 is 4.74 Å². The van der Waals surface area contributed by atoms with Crippen LogP contribution in [0.4, 0.5) is 0 Å². The molecule has 0 atom stereocenters. The fourth-order valence-corrected chi connectivity index (χ4v) is 6.33. The van der Waals surface area contributed by atoms with Crippen LogP contribution >= 0.6 is 8.22 Å². The first-order valence-corrected chi connectivity index (χ1v) is 10.2. The molecule has 3 nitrogen and oxygen atoms in total. The van der Waals surface area contributed by atoms with Crippen molar-refractivity contribution in [1.29, 1.82) is 0 Å². The second kappa shape index (κ2) is 11.6. The van der Waals surface area contributed by atoms with Gasteiger partial charge in [0.2, 0.25) is 0 Å². The van der Waals surface area contributed by atoms with E-state index in [1.54, 1.807) is 0 Å². The lowest BCUT2D eigenvalue weighted by atomic mass is 10.3. The van der Waals surface area contributed by atoms with Gasteiger partial charge in [-0.15, -0.1) is 6.58 Å². The van der Waals surface area contributed by atoms with Gasteiger partial charge in [-0.3, -0.25) is 9.34 Å². The zero-order valence-electron chi connectivity index (χ0n) is 16.2. The highest BCUT2D eigenvalue weighted by atomic mass is 31.1. The lowest BCUT2D eigenvalue weighted by Gasteiger charge is -2.47. The van der Waals surface area contributed by atoms with Crippen LogP contribution in [0.15, 0.2) is 12.7 Å². The predicted octanol–water partition coefficient (Wildman–Crippen LogP) is 5.13. The van der Waals surface area contributed by atoms with Crippen LogP contribution in [-0.4, -0.2) is 52.9 Å². The molecule has 0 radical (unpaired) electrons. The number of hydrogen-bond acceptors (Lipinski definition) is 3. The Bertz CT molecular complexity index is 257. The van der Waals surface area contributed by atoms with E-state index in [9.17, 15) is 0 Å². The van der Waals surface area contributed by atoms with E-state index in [0.717, 1.165) is 13.0 Å². The van der Waals surface area contributed by atoms with E-state index >= 15 is 0 Å². The molecule has 132 valence electrons. The fraction of sp³-hybridized carbons (Fsp3) is 0.889. The average Bonchev–Trinajstić information content (AvgIpc) is 2.36. The molecule has 0 saturated heterocycles. The fourth-order valence-electron chi connectivity index (χ4n) is 3.08. The summed E-state index contributed by atoms with van der Waals surface area (Å²) in [5.74, 6) is 0. The maximum atomic E-state index is 5.59. The minimum atomic E-state index is -0.305. The average molecular weight is 330 g/mol. The minimum absolute atomic E-state index is 0.305. The van der Waals surface area contributed by atoms with E-state index in [1.165, 1.54) is 6.16 Å². The van der Waals surface area contributed by atoms with Crippen molar-refractivity contribution in [3.05, 3.63) is 12.7 Å². The summed E-state index contributed by atoms with van der Waals surface area (Å²) in [4.78, 5) is 0. The van der Waals surface area contributed by atoms with Crippen LogP contribution in [-0.2, 0) is 4.74 Å². The second-order valence-corrected chi connectivity index (χ2v) is 9.06. The summed E-state index contributed by atoms with van der Waals surface area (Å²) in [5.41, 5.74) is 0. The highest BCUT2D eigenvalue weighted by Gasteiger charge is 2.31. The highest BCUT2D eigenvalue weighted by molar-refractivity contribution is 7.52. The minimum Gasteiger partial charge on any atom is -0.377 e. The van der Waals surface area contributed by atoms with Crippen molar-refractivity contribution in [2.45, 2.75) is 86.0 Å². The molecule has 0 saturated carbocycles. The maximum absolute atomic E-state index is 5.59. The molecule has 0 aliphatic rings. The lowest BCUT2D eigenvalue weighted by Crippen LogP contribution is -2.43. The van der Waals surface area contributed by atoms with Gasteiger partial charge >= 0.3 is 0 Å². The number of ether oxygens (including phenoxy) is 1. The van der Waals surface area contributed by atoms with Gasteiger partial charge in [-0.25, -0.2) is 0 Å². The van der Waals surface area contributed by atoms with Gasteiger partial charge in [0, 0.05) is 39.0 Å². The van der Waals surface area contributed by atoms with Gasteiger partial charge in [0.05, 0.1) is 6.61 Å². The van der Waals surface area contributed by atoms with Gasteiger partial charge in [-0.2, -0.15) is 0 Å². The van der Waals surface area contributed by atoms with Crippen molar-refractivity contribution in [2.75, 3.05) is 19.4 Å². The normalized spacial score (nSPS) is 12.9. The Labute approximate surface area is 140 Å². The van der Waals surface area contributed by atoms with Crippen molar-refractivity contribution < 1.29 is 4.74 Å². The molecule has 4 heteroatoms. The van der Waals surface area contributed by atoms with Gasteiger partial charge in [0.15, 0.2) is 0 Å². The first kappa shape index (κ1) is 22.1. The molecule has 0 rings (SSSR count). The molecular formula is C18H39N2OP.